The van der Waals surface area contributed by atoms with Crippen LogP contribution in [0.1, 0.15) is 25.0 Å². The summed E-state index contributed by atoms with van der Waals surface area (Å²) in [6.07, 6.45) is 4.71. The van der Waals surface area contributed by atoms with Crippen LogP contribution >= 0.6 is 0 Å². The zero-order valence-electron chi connectivity index (χ0n) is 7.32. The van der Waals surface area contributed by atoms with Crippen LogP contribution in [0.2, 0.25) is 0 Å². The molecule has 1 heterocycles. The minimum absolute atomic E-state index is 0.530. The van der Waals surface area contributed by atoms with Crippen molar-refractivity contribution in [3.63, 3.8) is 0 Å². The fourth-order valence-electron chi connectivity index (χ4n) is 1.82. The second kappa shape index (κ2) is 2.91. The molecule has 1 saturated carbocycles. The van der Waals surface area contributed by atoms with Crippen molar-refractivity contribution in [2.24, 2.45) is 5.41 Å². The summed E-state index contributed by atoms with van der Waals surface area (Å²) < 4.78 is 5.15. The van der Waals surface area contributed by atoms with Crippen LogP contribution < -0.4 is 0 Å². The average Bonchev–Trinajstić information content (AvgIpc) is 2.47. The van der Waals surface area contributed by atoms with Gasteiger partial charge in [0.2, 0.25) is 0 Å². The van der Waals surface area contributed by atoms with Crippen molar-refractivity contribution in [1.82, 2.24) is 0 Å². The number of hydrogen-bond donors (Lipinski definition) is 1. The second-order valence-corrected chi connectivity index (χ2v) is 3.70. The van der Waals surface area contributed by atoms with Crippen molar-refractivity contribution in [1.29, 1.82) is 0 Å². The van der Waals surface area contributed by atoms with Crippen LogP contribution in [0.25, 0.3) is 0 Å². The lowest BCUT2D eigenvalue weighted by atomic mass is 9.66. The lowest BCUT2D eigenvalue weighted by Gasteiger charge is -2.36. The van der Waals surface area contributed by atoms with Gasteiger partial charge in [-0.3, -0.25) is 4.79 Å². The molecule has 1 aromatic heterocycles. The molecule has 2 rings (SSSR count). The van der Waals surface area contributed by atoms with Gasteiger partial charge in [-0.15, -0.1) is 0 Å². The molecule has 0 atom stereocenters. The van der Waals surface area contributed by atoms with E-state index >= 15 is 0 Å². The summed E-state index contributed by atoms with van der Waals surface area (Å²) in [4.78, 5) is 11.0. The monoisotopic (exact) mass is 180 g/mol. The molecule has 0 spiro atoms. The topological polar surface area (TPSA) is 50.4 Å². The Morgan fingerprint density at radius 2 is 2.38 bits per heavy atom. The Balaban J connectivity index is 2.11. The molecule has 1 N–H and O–H groups in total. The van der Waals surface area contributed by atoms with Crippen LogP contribution in [0.5, 0.6) is 0 Å². The Morgan fingerprint density at radius 3 is 2.77 bits per heavy atom. The fraction of sp³-hybridized carbons (Fsp3) is 0.500. The minimum Gasteiger partial charge on any atom is -0.481 e. The highest BCUT2D eigenvalue weighted by atomic mass is 16.4. The summed E-state index contributed by atoms with van der Waals surface area (Å²) in [5, 5.41) is 9.04. The molecular formula is C10H12O3. The molecular weight excluding hydrogens is 168 g/mol. The maximum Gasteiger partial charge on any atom is 0.310 e. The lowest BCUT2D eigenvalue weighted by Crippen LogP contribution is -2.39. The molecule has 1 fully saturated rings. The summed E-state index contributed by atoms with van der Waals surface area (Å²) in [6.45, 7) is 0. The van der Waals surface area contributed by atoms with Crippen LogP contribution in [-0.4, -0.2) is 11.1 Å². The molecule has 1 aromatic rings. The van der Waals surface area contributed by atoms with Gasteiger partial charge >= 0.3 is 5.97 Å². The molecule has 1 aliphatic carbocycles. The van der Waals surface area contributed by atoms with E-state index in [4.69, 9.17) is 9.52 Å². The van der Waals surface area contributed by atoms with Gasteiger partial charge in [-0.05, 0) is 25.0 Å². The molecule has 0 aromatic carbocycles. The maximum absolute atomic E-state index is 11.0. The van der Waals surface area contributed by atoms with E-state index in [0.29, 0.717) is 6.42 Å². The quantitative estimate of drug-likeness (QED) is 0.774. The van der Waals surface area contributed by atoms with E-state index in [2.05, 4.69) is 0 Å². The van der Waals surface area contributed by atoms with Crippen molar-refractivity contribution >= 4 is 5.97 Å². The highest BCUT2D eigenvalue weighted by Gasteiger charge is 2.44. The first-order valence-electron chi connectivity index (χ1n) is 4.49. The summed E-state index contributed by atoms with van der Waals surface area (Å²) in [5.74, 6) is 0.0947. The molecule has 13 heavy (non-hydrogen) atoms. The van der Waals surface area contributed by atoms with E-state index in [1.807, 2.05) is 6.07 Å². The third kappa shape index (κ3) is 1.34. The van der Waals surface area contributed by atoms with Crippen molar-refractivity contribution in [3.8, 4) is 0 Å². The van der Waals surface area contributed by atoms with Crippen molar-refractivity contribution in [3.05, 3.63) is 24.2 Å². The van der Waals surface area contributed by atoms with Crippen molar-refractivity contribution in [2.75, 3.05) is 0 Å². The van der Waals surface area contributed by atoms with E-state index in [-0.39, 0.29) is 0 Å². The van der Waals surface area contributed by atoms with E-state index in [1.54, 1.807) is 12.3 Å². The van der Waals surface area contributed by atoms with Gasteiger partial charge < -0.3 is 9.52 Å². The molecule has 70 valence electrons. The molecule has 1 aliphatic rings. The predicted octanol–water partition coefficient (Wildman–Crippen LogP) is 2.08. The zero-order valence-corrected chi connectivity index (χ0v) is 7.32. The number of furan rings is 1. The first kappa shape index (κ1) is 8.35. The maximum atomic E-state index is 11.0. The van der Waals surface area contributed by atoms with Gasteiger partial charge in [0.15, 0.2) is 0 Å². The van der Waals surface area contributed by atoms with Crippen LogP contribution in [0.4, 0.5) is 0 Å². The fourth-order valence-corrected chi connectivity index (χ4v) is 1.82. The summed E-state index contributed by atoms with van der Waals surface area (Å²) in [7, 11) is 0. The first-order chi connectivity index (χ1) is 6.23. The first-order valence-corrected chi connectivity index (χ1v) is 4.49. The van der Waals surface area contributed by atoms with E-state index in [0.717, 1.165) is 25.0 Å². The Hall–Kier alpha value is -1.25. The number of carboxylic acids is 1. The van der Waals surface area contributed by atoms with Gasteiger partial charge in [-0.2, -0.15) is 0 Å². The number of hydrogen-bond acceptors (Lipinski definition) is 2. The smallest absolute Gasteiger partial charge is 0.310 e. The number of carboxylic acid groups (broad SMARTS) is 1. The Kier molecular flexibility index (Phi) is 1.87. The van der Waals surface area contributed by atoms with Gasteiger partial charge in [-0.1, -0.05) is 6.42 Å². The average molecular weight is 180 g/mol. The van der Waals surface area contributed by atoms with E-state index in [9.17, 15) is 4.79 Å². The SMILES string of the molecule is O=C(O)C1(Cc2ccco2)CCC1. The van der Waals surface area contributed by atoms with Gasteiger partial charge in [0.05, 0.1) is 11.7 Å². The van der Waals surface area contributed by atoms with Crippen molar-refractivity contribution in [2.45, 2.75) is 25.7 Å². The largest absolute Gasteiger partial charge is 0.481 e. The molecule has 0 unspecified atom stereocenters. The number of rotatable bonds is 3. The lowest BCUT2D eigenvalue weighted by molar-refractivity contribution is -0.154. The van der Waals surface area contributed by atoms with Gasteiger partial charge in [0, 0.05) is 6.42 Å². The Bertz CT molecular complexity index is 296. The zero-order chi connectivity index (χ0) is 9.31. The molecule has 0 aliphatic heterocycles. The summed E-state index contributed by atoms with van der Waals surface area (Å²) in [6, 6.07) is 3.63. The Morgan fingerprint density at radius 1 is 1.62 bits per heavy atom. The third-order valence-electron chi connectivity index (χ3n) is 2.86. The highest BCUT2D eigenvalue weighted by molar-refractivity contribution is 5.76. The predicted molar refractivity (Wildman–Crippen MR) is 46.3 cm³/mol. The number of aliphatic carboxylic acids is 1. The van der Waals surface area contributed by atoms with Crippen LogP contribution in [0.15, 0.2) is 22.8 Å². The third-order valence-corrected chi connectivity index (χ3v) is 2.86. The molecule has 0 amide bonds. The van der Waals surface area contributed by atoms with Crippen molar-refractivity contribution < 1.29 is 14.3 Å². The number of carbonyl (C=O) groups is 1. The van der Waals surface area contributed by atoms with E-state index < -0.39 is 11.4 Å². The van der Waals surface area contributed by atoms with Gasteiger partial charge in [0.1, 0.15) is 5.76 Å². The van der Waals surface area contributed by atoms with Crippen LogP contribution in [0, 0.1) is 5.41 Å². The van der Waals surface area contributed by atoms with Crippen LogP contribution in [0.3, 0.4) is 0 Å². The normalized spacial score (nSPS) is 19.4. The van der Waals surface area contributed by atoms with E-state index in [1.165, 1.54) is 0 Å². The molecule has 0 radical (unpaired) electrons. The standard InChI is InChI=1S/C10H12O3/c11-9(12)10(4-2-5-10)7-8-3-1-6-13-8/h1,3,6H,2,4-5,7H2,(H,11,12). The van der Waals surface area contributed by atoms with Gasteiger partial charge in [-0.25, -0.2) is 0 Å². The molecule has 0 bridgehead atoms. The van der Waals surface area contributed by atoms with Crippen LogP contribution in [-0.2, 0) is 11.2 Å². The molecule has 0 saturated heterocycles. The second-order valence-electron chi connectivity index (χ2n) is 3.70. The highest BCUT2D eigenvalue weighted by Crippen LogP contribution is 2.43. The molecule has 3 heteroatoms. The molecule has 3 nitrogen and oxygen atoms in total. The summed E-state index contributed by atoms with van der Waals surface area (Å²) in [5.41, 5.74) is -0.530. The Labute approximate surface area is 76.4 Å². The van der Waals surface area contributed by atoms with Gasteiger partial charge in [0.25, 0.3) is 0 Å². The summed E-state index contributed by atoms with van der Waals surface area (Å²) >= 11 is 0. The minimum atomic E-state index is -0.685.